The van der Waals surface area contributed by atoms with E-state index in [4.69, 9.17) is 14.2 Å². The van der Waals surface area contributed by atoms with Crippen molar-refractivity contribution in [2.75, 3.05) is 19.8 Å². The van der Waals surface area contributed by atoms with Gasteiger partial charge in [-0.25, -0.2) is 4.79 Å². The molecule has 1 amide bonds. The second kappa shape index (κ2) is 7.78. The van der Waals surface area contributed by atoms with Crippen LogP contribution in [0.1, 0.15) is 38.6 Å². The maximum atomic E-state index is 12.1. The van der Waals surface area contributed by atoms with E-state index in [0.29, 0.717) is 30.3 Å². The van der Waals surface area contributed by atoms with E-state index in [-0.39, 0.29) is 18.6 Å². The highest BCUT2D eigenvalue weighted by Gasteiger charge is 2.18. The Labute approximate surface area is 156 Å². The lowest BCUT2D eigenvalue weighted by atomic mass is 10.1. The predicted octanol–water partition coefficient (Wildman–Crippen LogP) is 3.17. The van der Waals surface area contributed by atoms with Crippen molar-refractivity contribution in [2.24, 2.45) is 0 Å². The number of carbonyl (C=O) groups excluding carboxylic acids is 2. The number of aryl methyl sites for hydroxylation is 2. The minimum Gasteiger partial charge on any atom is -0.486 e. The lowest BCUT2D eigenvalue weighted by Gasteiger charge is -2.21. The summed E-state index contributed by atoms with van der Waals surface area (Å²) in [6.45, 7) is 6.37. The normalized spacial score (nSPS) is 13.8. The number of carbonyl (C=O) groups is 2. The number of rotatable bonds is 5. The summed E-state index contributed by atoms with van der Waals surface area (Å²) >= 11 is 1.53. The fourth-order valence-corrected chi connectivity index (χ4v) is 3.65. The fourth-order valence-electron chi connectivity index (χ4n) is 2.74. The summed E-state index contributed by atoms with van der Waals surface area (Å²) in [7, 11) is 0. The second-order valence-corrected chi connectivity index (χ2v) is 7.56. The van der Waals surface area contributed by atoms with Crippen LogP contribution in [0.15, 0.2) is 24.3 Å². The standard InChI is InChI=1S/C19H21NO5S/c1-11-8-15(13(3)26-11)19(22)25-10-18(21)20-12(2)14-4-5-16-17(9-14)24-7-6-23-16/h4-5,8-9,12H,6-7,10H2,1-3H3,(H,20,21)/t12-/m1/s1. The van der Waals surface area contributed by atoms with E-state index in [1.807, 2.05) is 39.0 Å². The summed E-state index contributed by atoms with van der Waals surface area (Å²) in [6, 6.07) is 7.08. The molecule has 1 aromatic carbocycles. The molecule has 0 fully saturated rings. The van der Waals surface area contributed by atoms with Gasteiger partial charge >= 0.3 is 5.97 Å². The molecule has 1 aliphatic heterocycles. The first-order chi connectivity index (χ1) is 12.4. The van der Waals surface area contributed by atoms with Gasteiger partial charge in [-0.05, 0) is 44.5 Å². The number of fused-ring (bicyclic) bond motifs is 1. The molecule has 0 saturated carbocycles. The Bertz CT molecular complexity index is 829. The van der Waals surface area contributed by atoms with Crippen LogP contribution in [-0.4, -0.2) is 31.7 Å². The lowest BCUT2D eigenvalue weighted by Crippen LogP contribution is -2.31. The third-order valence-electron chi connectivity index (χ3n) is 4.04. The zero-order chi connectivity index (χ0) is 18.7. The Balaban J connectivity index is 1.54. The molecular formula is C19H21NO5S. The maximum Gasteiger partial charge on any atom is 0.339 e. The number of amides is 1. The van der Waals surface area contributed by atoms with Crippen LogP contribution in [0.2, 0.25) is 0 Å². The van der Waals surface area contributed by atoms with Crippen molar-refractivity contribution in [1.82, 2.24) is 5.32 Å². The summed E-state index contributed by atoms with van der Waals surface area (Å²) in [5, 5.41) is 2.82. The molecule has 26 heavy (non-hydrogen) atoms. The average Bonchev–Trinajstić information content (AvgIpc) is 2.97. The zero-order valence-electron chi connectivity index (χ0n) is 15.0. The molecule has 7 heteroatoms. The number of hydrogen-bond acceptors (Lipinski definition) is 6. The van der Waals surface area contributed by atoms with E-state index in [1.54, 1.807) is 6.07 Å². The first-order valence-corrected chi connectivity index (χ1v) is 9.19. The average molecular weight is 375 g/mol. The summed E-state index contributed by atoms with van der Waals surface area (Å²) in [5.74, 6) is 0.540. The van der Waals surface area contributed by atoms with Crippen LogP contribution in [0.4, 0.5) is 0 Å². The second-order valence-electron chi connectivity index (χ2n) is 6.10. The molecule has 0 aliphatic carbocycles. The van der Waals surface area contributed by atoms with Gasteiger partial charge < -0.3 is 19.5 Å². The van der Waals surface area contributed by atoms with Crippen molar-refractivity contribution in [3.63, 3.8) is 0 Å². The molecule has 6 nitrogen and oxygen atoms in total. The van der Waals surface area contributed by atoms with Crippen molar-refractivity contribution < 1.29 is 23.8 Å². The number of benzene rings is 1. The topological polar surface area (TPSA) is 73.9 Å². The van der Waals surface area contributed by atoms with Crippen molar-refractivity contribution in [2.45, 2.75) is 26.8 Å². The van der Waals surface area contributed by atoms with Crippen LogP contribution < -0.4 is 14.8 Å². The highest BCUT2D eigenvalue weighted by atomic mass is 32.1. The molecule has 1 aliphatic rings. The number of thiophene rings is 1. The summed E-state index contributed by atoms with van der Waals surface area (Å²) in [6.07, 6.45) is 0. The molecule has 0 bridgehead atoms. The van der Waals surface area contributed by atoms with Gasteiger partial charge in [-0.2, -0.15) is 0 Å². The van der Waals surface area contributed by atoms with Gasteiger partial charge in [-0.1, -0.05) is 6.07 Å². The molecule has 0 unspecified atom stereocenters. The van der Waals surface area contributed by atoms with E-state index >= 15 is 0 Å². The molecule has 1 aromatic heterocycles. The number of ether oxygens (including phenoxy) is 3. The van der Waals surface area contributed by atoms with Gasteiger partial charge in [0.25, 0.3) is 5.91 Å². The summed E-state index contributed by atoms with van der Waals surface area (Å²) in [5.41, 5.74) is 1.40. The number of hydrogen-bond donors (Lipinski definition) is 1. The van der Waals surface area contributed by atoms with Crippen LogP contribution in [0, 0.1) is 13.8 Å². The molecule has 0 spiro atoms. The Morgan fingerprint density at radius 2 is 1.92 bits per heavy atom. The third kappa shape index (κ3) is 4.16. The predicted molar refractivity (Wildman–Crippen MR) is 98.1 cm³/mol. The molecule has 138 valence electrons. The van der Waals surface area contributed by atoms with Crippen LogP contribution in [0.5, 0.6) is 11.5 Å². The van der Waals surface area contributed by atoms with Crippen molar-refractivity contribution in [3.05, 3.63) is 45.1 Å². The van der Waals surface area contributed by atoms with E-state index in [0.717, 1.165) is 15.3 Å². The number of nitrogens with one attached hydrogen (secondary N) is 1. The Kier molecular flexibility index (Phi) is 5.46. The highest BCUT2D eigenvalue weighted by Crippen LogP contribution is 2.32. The molecule has 3 rings (SSSR count). The van der Waals surface area contributed by atoms with Crippen molar-refractivity contribution in [1.29, 1.82) is 0 Å². The van der Waals surface area contributed by atoms with Crippen molar-refractivity contribution in [3.8, 4) is 11.5 Å². The van der Waals surface area contributed by atoms with Crippen molar-refractivity contribution >= 4 is 23.2 Å². The summed E-state index contributed by atoms with van der Waals surface area (Å²) < 4.78 is 16.2. The number of esters is 1. The van der Waals surface area contributed by atoms with E-state index in [9.17, 15) is 9.59 Å². The van der Waals surface area contributed by atoms with E-state index in [2.05, 4.69) is 5.32 Å². The molecule has 2 heterocycles. The van der Waals surface area contributed by atoms with Gasteiger partial charge in [-0.3, -0.25) is 4.79 Å². The van der Waals surface area contributed by atoms with Crippen LogP contribution >= 0.6 is 11.3 Å². The smallest absolute Gasteiger partial charge is 0.339 e. The van der Waals surface area contributed by atoms with Crippen LogP contribution in [0.3, 0.4) is 0 Å². The molecule has 0 radical (unpaired) electrons. The molecule has 2 aromatic rings. The molecule has 0 saturated heterocycles. The monoisotopic (exact) mass is 375 g/mol. The zero-order valence-corrected chi connectivity index (χ0v) is 15.8. The summed E-state index contributed by atoms with van der Waals surface area (Å²) in [4.78, 5) is 26.1. The fraction of sp³-hybridized carbons (Fsp3) is 0.368. The van der Waals surface area contributed by atoms with Gasteiger partial charge in [0.1, 0.15) is 13.2 Å². The van der Waals surface area contributed by atoms with Gasteiger partial charge in [0.05, 0.1) is 11.6 Å². The Morgan fingerprint density at radius 3 is 2.62 bits per heavy atom. The van der Waals surface area contributed by atoms with Crippen LogP contribution in [-0.2, 0) is 9.53 Å². The lowest BCUT2D eigenvalue weighted by molar-refractivity contribution is -0.124. The third-order valence-corrected chi connectivity index (χ3v) is 5.00. The van der Waals surface area contributed by atoms with E-state index in [1.165, 1.54) is 11.3 Å². The van der Waals surface area contributed by atoms with Gasteiger partial charge in [-0.15, -0.1) is 11.3 Å². The minimum atomic E-state index is -0.478. The first-order valence-electron chi connectivity index (χ1n) is 8.37. The van der Waals surface area contributed by atoms with E-state index < -0.39 is 5.97 Å². The van der Waals surface area contributed by atoms with Gasteiger partial charge in [0.2, 0.25) is 0 Å². The maximum absolute atomic E-state index is 12.1. The highest BCUT2D eigenvalue weighted by molar-refractivity contribution is 7.12. The quantitative estimate of drug-likeness (QED) is 0.813. The van der Waals surface area contributed by atoms with Crippen LogP contribution in [0.25, 0.3) is 0 Å². The van der Waals surface area contributed by atoms with Gasteiger partial charge in [0, 0.05) is 9.75 Å². The van der Waals surface area contributed by atoms with Gasteiger partial charge in [0.15, 0.2) is 18.1 Å². The minimum absolute atomic E-state index is 0.248. The first kappa shape index (κ1) is 18.3. The molecular weight excluding hydrogens is 354 g/mol. The molecule has 1 atom stereocenters. The Morgan fingerprint density at radius 1 is 1.19 bits per heavy atom. The Hall–Kier alpha value is -2.54. The molecule has 1 N–H and O–H groups in total. The SMILES string of the molecule is Cc1cc(C(=O)OCC(=O)N[C@H](C)c2ccc3c(c2)OCCO3)c(C)s1. The largest absolute Gasteiger partial charge is 0.486 e.